The Morgan fingerprint density at radius 1 is 1.11 bits per heavy atom. The van der Waals surface area contributed by atoms with Crippen molar-refractivity contribution in [1.82, 2.24) is 24.3 Å². The topological polar surface area (TPSA) is 136 Å². The maximum absolute atomic E-state index is 12.8. The standard InChI is InChI=1S/C24H24N6O4S/c1-2-35(32,33)29-14-6-7-17(15-29)30-22-20(23(25)26-27-24(22)31)21(28-30)16-10-12-19(13-11-16)34-18-8-4-3-5-9-18/h2-5,8-13,17H,1,6-7,14-15H2,(H2,25,26)(H,27,31)/t17-/m1/s1. The van der Waals surface area contributed by atoms with E-state index in [1.165, 1.54) is 4.31 Å². The predicted octanol–water partition coefficient (Wildman–Crippen LogP) is 3.27. The summed E-state index contributed by atoms with van der Waals surface area (Å²) in [5, 5.41) is 12.5. The monoisotopic (exact) mass is 492 g/mol. The number of nitrogens with zero attached hydrogens (tertiary/aromatic N) is 4. The van der Waals surface area contributed by atoms with Gasteiger partial charge >= 0.3 is 0 Å². The van der Waals surface area contributed by atoms with E-state index in [9.17, 15) is 13.2 Å². The Morgan fingerprint density at radius 2 is 1.83 bits per heavy atom. The Kier molecular flexibility index (Phi) is 5.87. The number of nitrogens with two attached hydrogens (primary N) is 1. The van der Waals surface area contributed by atoms with Crippen molar-refractivity contribution in [1.29, 1.82) is 0 Å². The molecule has 3 N–H and O–H groups in total. The summed E-state index contributed by atoms with van der Waals surface area (Å²) in [6.07, 6.45) is 1.28. The van der Waals surface area contributed by atoms with Crippen molar-refractivity contribution >= 4 is 26.7 Å². The Labute approximate surface area is 201 Å². The third-order valence-electron chi connectivity index (χ3n) is 6.04. The van der Waals surface area contributed by atoms with E-state index < -0.39 is 15.6 Å². The summed E-state index contributed by atoms with van der Waals surface area (Å²) in [6, 6.07) is 16.4. The molecule has 10 nitrogen and oxygen atoms in total. The fourth-order valence-electron chi connectivity index (χ4n) is 4.34. The van der Waals surface area contributed by atoms with Crippen LogP contribution in [-0.2, 0) is 10.0 Å². The Bertz CT molecular complexity index is 1540. The van der Waals surface area contributed by atoms with Gasteiger partial charge in [-0.15, -0.1) is 0 Å². The molecule has 1 aliphatic heterocycles. The van der Waals surface area contributed by atoms with Crippen LogP contribution in [0.5, 0.6) is 11.5 Å². The second-order valence-corrected chi connectivity index (χ2v) is 10.1. The number of para-hydroxylation sites is 1. The van der Waals surface area contributed by atoms with Gasteiger partial charge in [-0.25, -0.2) is 13.5 Å². The SMILES string of the molecule is C=CS(=O)(=O)N1CCC[C@@H](n2nc(-c3ccc(Oc4ccccc4)cc3)c3c(N)n[nH]c(=O)c32)C1. The van der Waals surface area contributed by atoms with Crippen LogP contribution in [0.25, 0.3) is 22.2 Å². The van der Waals surface area contributed by atoms with Gasteiger partial charge in [0.2, 0.25) is 10.0 Å². The first kappa shape index (κ1) is 22.8. The number of aromatic nitrogens is 4. The van der Waals surface area contributed by atoms with Gasteiger partial charge in [-0.1, -0.05) is 24.8 Å². The number of fused-ring (bicyclic) bond motifs is 1. The Morgan fingerprint density at radius 3 is 2.54 bits per heavy atom. The summed E-state index contributed by atoms with van der Waals surface area (Å²) >= 11 is 0. The van der Waals surface area contributed by atoms with E-state index in [-0.39, 0.29) is 23.9 Å². The second-order valence-electron chi connectivity index (χ2n) is 8.26. The molecule has 0 amide bonds. The number of hydrogen-bond donors (Lipinski definition) is 2. The lowest BCUT2D eigenvalue weighted by atomic mass is 10.1. The molecule has 0 bridgehead atoms. The molecule has 1 aliphatic rings. The summed E-state index contributed by atoms with van der Waals surface area (Å²) < 4.78 is 33.6. The summed E-state index contributed by atoms with van der Waals surface area (Å²) in [4.78, 5) is 12.8. The van der Waals surface area contributed by atoms with Gasteiger partial charge in [0.1, 0.15) is 22.7 Å². The number of nitrogens with one attached hydrogen (secondary N) is 1. The molecule has 11 heteroatoms. The van der Waals surface area contributed by atoms with Crippen LogP contribution < -0.4 is 16.0 Å². The minimum Gasteiger partial charge on any atom is -0.457 e. The number of benzene rings is 2. The lowest BCUT2D eigenvalue weighted by Crippen LogP contribution is -2.40. The van der Waals surface area contributed by atoms with Crippen molar-refractivity contribution in [3.8, 4) is 22.8 Å². The Balaban J connectivity index is 1.56. The molecule has 3 heterocycles. The first-order valence-corrected chi connectivity index (χ1v) is 12.6. The maximum atomic E-state index is 12.8. The lowest BCUT2D eigenvalue weighted by Gasteiger charge is -2.31. The molecule has 35 heavy (non-hydrogen) atoms. The zero-order chi connectivity index (χ0) is 24.6. The minimum atomic E-state index is -3.59. The van der Waals surface area contributed by atoms with Crippen molar-refractivity contribution in [3.63, 3.8) is 0 Å². The van der Waals surface area contributed by atoms with Gasteiger partial charge < -0.3 is 10.5 Å². The van der Waals surface area contributed by atoms with E-state index >= 15 is 0 Å². The number of ether oxygens (including phenoxy) is 1. The molecule has 0 unspecified atom stereocenters. The van der Waals surface area contributed by atoms with Crippen molar-refractivity contribution in [2.24, 2.45) is 0 Å². The molecule has 180 valence electrons. The average molecular weight is 493 g/mol. The molecule has 0 spiro atoms. The number of hydrogen-bond acceptors (Lipinski definition) is 7. The van der Waals surface area contributed by atoms with Gasteiger partial charge in [0, 0.05) is 24.1 Å². The van der Waals surface area contributed by atoms with Crippen LogP contribution in [-0.4, -0.2) is 45.8 Å². The van der Waals surface area contributed by atoms with Crippen LogP contribution in [0, 0.1) is 0 Å². The zero-order valence-corrected chi connectivity index (χ0v) is 19.6. The van der Waals surface area contributed by atoms with E-state index in [2.05, 4.69) is 16.8 Å². The molecular formula is C24H24N6O4S. The van der Waals surface area contributed by atoms with Crippen LogP contribution in [0.4, 0.5) is 5.82 Å². The predicted molar refractivity (Wildman–Crippen MR) is 133 cm³/mol. The highest BCUT2D eigenvalue weighted by Gasteiger charge is 2.31. The number of anilines is 1. The summed E-state index contributed by atoms with van der Waals surface area (Å²) in [5.74, 6) is 1.49. The molecule has 0 radical (unpaired) electrons. The molecule has 2 aromatic carbocycles. The molecule has 5 rings (SSSR count). The average Bonchev–Trinajstić information content (AvgIpc) is 3.30. The molecule has 0 saturated carbocycles. The Hall–Kier alpha value is -3.96. The highest BCUT2D eigenvalue weighted by atomic mass is 32.2. The first-order chi connectivity index (χ1) is 16.9. The van der Waals surface area contributed by atoms with Crippen LogP contribution in [0.2, 0.25) is 0 Å². The van der Waals surface area contributed by atoms with Gasteiger partial charge in [-0.3, -0.25) is 9.48 Å². The van der Waals surface area contributed by atoms with Gasteiger partial charge in [0.15, 0.2) is 5.82 Å². The quantitative estimate of drug-likeness (QED) is 0.421. The van der Waals surface area contributed by atoms with Crippen LogP contribution in [0.15, 0.2) is 71.4 Å². The molecule has 4 aromatic rings. The van der Waals surface area contributed by atoms with Crippen LogP contribution in [0.1, 0.15) is 18.9 Å². The summed E-state index contributed by atoms with van der Waals surface area (Å²) in [5.41, 5.74) is 7.21. The zero-order valence-electron chi connectivity index (χ0n) is 18.8. The van der Waals surface area contributed by atoms with E-state index in [1.807, 2.05) is 54.6 Å². The summed E-state index contributed by atoms with van der Waals surface area (Å²) in [7, 11) is -3.59. The molecular weight excluding hydrogens is 468 g/mol. The third kappa shape index (κ3) is 4.31. The van der Waals surface area contributed by atoms with E-state index in [1.54, 1.807) is 4.68 Å². The van der Waals surface area contributed by atoms with Gasteiger partial charge in [-0.05, 0) is 49.2 Å². The van der Waals surface area contributed by atoms with Crippen LogP contribution in [0.3, 0.4) is 0 Å². The van der Waals surface area contributed by atoms with Gasteiger partial charge in [0.25, 0.3) is 5.56 Å². The normalized spacial score (nSPS) is 16.9. The van der Waals surface area contributed by atoms with Crippen molar-refractivity contribution in [2.75, 3.05) is 18.8 Å². The van der Waals surface area contributed by atoms with Crippen molar-refractivity contribution < 1.29 is 13.2 Å². The van der Waals surface area contributed by atoms with Crippen molar-refractivity contribution in [2.45, 2.75) is 18.9 Å². The number of rotatable bonds is 6. The number of H-pyrrole nitrogens is 1. The smallest absolute Gasteiger partial charge is 0.290 e. The number of aromatic amines is 1. The van der Waals surface area contributed by atoms with Crippen molar-refractivity contribution in [3.05, 3.63) is 76.9 Å². The molecule has 1 atom stereocenters. The number of nitrogen functional groups attached to an aromatic ring is 1. The van der Waals surface area contributed by atoms with Crippen LogP contribution >= 0.6 is 0 Å². The minimum absolute atomic E-state index is 0.136. The van der Waals surface area contributed by atoms with E-state index in [0.717, 1.165) is 11.0 Å². The summed E-state index contributed by atoms with van der Waals surface area (Å²) in [6.45, 7) is 3.98. The molecule has 1 saturated heterocycles. The molecule has 1 fully saturated rings. The lowest BCUT2D eigenvalue weighted by molar-refractivity contribution is 0.260. The highest BCUT2D eigenvalue weighted by Crippen LogP contribution is 2.34. The molecule has 0 aliphatic carbocycles. The van der Waals surface area contributed by atoms with E-state index in [0.29, 0.717) is 42.0 Å². The van der Waals surface area contributed by atoms with E-state index in [4.69, 9.17) is 15.6 Å². The first-order valence-electron chi connectivity index (χ1n) is 11.1. The highest BCUT2D eigenvalue weighted by molar-refractivity contribution is 7.92. The second kappa shape index (κ2) is 9.01. The maximum Gasteiger partial charge on any atom is 0.290 e. The largest absolute Gasteiger partial charge is 0.457 e. The van der Waals surface area contributed by atoms with Gasteiger partial charge in [0.05, 0.1) is 11.4 Å². The third-order valence-corrected chi connectivity index (χ3v) is 7.51. The number of piperidine rings is 1. The molecule has 2 aromatic heterocycles. The fourth-order valence-corrected chi connectivity index (χ4v) is 5.32. The van der Waals surface area contributed by atoms with Gasteiger partial charge in [-0.2, -0.15) is 14.5 Å². The number of sulfonamides is 1. The fraction of sp³-hybridized carbons (Fsp3) is 0.208.